The van der Waals surface area contributed by atoms with Crippen LogP contribution in [0.4, 0.5) is 17.1 Å². The molecular weight excluding hydrogens is 847 g/mol. The van der Waals surface area contributed by atoms with Crippen molar-refractivity contribution in [1.29, 1.82) is 0 Å². The Balaban J connectivity index is 0.955. The Morgan fingerprint density at radius 1 is 0.300 bits per heavy atom. The summed E-state index contributed by atoms with van der Waals surface area (Å²) in [5, 5.41) is 4.98. The van der Waals surface area contributed by atoms with Crippen LogP contribution in [-0.2, 0) is 5.41 Å². The minimum absolute atomic E-state index is 0.463. The summed E-state index contributed by atoms with van der Waals surface area (Å²) in [7, 11) is 0. The Kier molecular flexibility index (Phi) is 8.28. The van der Waals surface area contributed by atoms with E-state index in [2.05, 4.69) is 275 Å². The molecule has 2 aromatic heterocycles. The topological polar surface area (TPSA) is 13.1 Å². The molecule has 0 saturated heterocycles. The van der Waals surface area contributed by atoms with E-state index in [1.807, 2.05) is 0 Å². The first-order valence-corrected chi connectivity index (χ1v) is 24.3. The smallest absolute Gasteiger partial charge is 0.0754 e. The first kappa shape index (κ1) is 38.9. The van der Waals surface area contributed by atoms with Gasteiger partial charge in [-0.05, 0) is 117 Å². The SMILES string of the molecule is c1ccc(-c2ccc(-c3ccccc3N(c3ccc(-n4c5ccccc5c5ccccc54)cc3)c3ccc4c(c3)c3cccc5c3n4-c3ccccc3C53c4ccccc4-c4ccccc43)cc2)cc1. The quantitative estimate of drug-likeness (QED) is 0.162. The van der Waals surface area contributed by atoms with Crippen molar-refractivity contribution >= 4 is 60.7 Å². The van der Waals surface area contributed by atoms with Crippen molar-refractivity contribution in [3.8, 4) is 44.8 Å². The van der Waals surface area contributed by atoms with E-state index in [1.54, 1.807) is 0 Å². The van der Waals surface area contributed by atoms with Gasteiger partial charge in [-0.3, -0.25) is 0 Å². The van der Waals surface area contributed by atoms with Crippen LogP contribution in [0, 0.1) is 0 Å². The molecule has 0 amide bonds. The van der Waals surface area contributed by atoms with Crippen LogP contribution < -0.4 is 4.90 Å². The summed E-state index contributed by atoms with van der Waals surface area (Å²) in [4.78, 5) is 2.46. The molecular formula is C67H43N3. The van der Waals surface area contributed by atoms with E-state index in [0.29, 0.717) is 0 Å². The van der Waals surface area contributed by atoms with Crippen molar-refractivity contribution in [2.75, 3.05) is 4.90 Å². The molecule has 13 aromatic rings. The number of fused-ring (bicyclic) bond motifs is 15. The van der Waals surface area contributed by atoms with Gasteiger partial charge in [0.2, 0.25) is 0 Å². The molecule has 3 heterocycles. The number of nitrogens with zero attached hydrogens (tertiary/aromatic N) is 3. The molecule has 0 N–H and O–H groups in total. The first-order chi connectivity index (χ1) is 34.8. The number of anilines is 3. The van der Waals surface area contributed by atoms with Gasteiger partial charge in [-0.1, -0.05) is 194 Å². The largest absolute Gasteiger partial charge is 0.310 e. The van der Waals surface area contributed by atoms with E-state index in [9.17, 15) is 0 Å². The van der Waals surface area contributed by atoms with Crippen molar-refractivity contribution < 1.29 is 0 Å². The molecule has 0 radical (unpaired) electrons. The maximum atomic E-state index is 2.54. The van der Waals surface area contributed by atoms with Crippen LogP contribution in [0.1, 0.15) is 22.3 Å². The van der Waals surface area contributed by atoms with Crippen molar-refractivity contribution in [3.63, 3.8) is 0 Å². The predicted octanol–water partition coefficient (Wildman–Crippen LogP) is 17.4. The lowest BCUT2D eigenvalue weighted by molar-refractivity contribution is 0.748. The Morgan fingerprint density at radius 2 is 0.814 bits per heavy atom. The van der Waals surface area contributed by atoms with Gasteiger partial charge in [-0.25, -0.2) is 0 Å². The maximum absolute atomic E-state index is 2.54. The Bertz CT molecular complexity index is 4130. The summed E-state index contributed by atoms with van der Waals surface area (Å²) in [6, 6.07) is 96.5. The van der Waals surface area contributed by atoms with E-state index >= 15 is 0 Å². The second-order valence-corrected chi connectivity index (χ2v) is 18.8. The number of hydrogen-bond donors (Lipinski definition) is 0. The molecule has 70 heavy (non-hydrogen) atoms. The van der Waals surface area contributed by atoms with Gasteiger partial charge < -0.3 is 14.0 Å². The van der Waals surface area contributed by atoms with Crippen LogP contribution in [0.25, 0.3) is 88.4 Å². The average molecular weight is 890 g/mol. The second kappa shape index (κ2) is 14.9. The lowest BCUT2D eigenvalue weighted by Crippen LogP contribution is -2.33. The van der Waals surface area contributed by atoms with Crippen LogP contribution in [0.15, 0.2) is 261 Å². The molecule has 1 aliphatic carbocycles. The third-order valence-corrected chi connectivity index (χ3v) is 15.3. The lowest BCUT2D eigenvalue weighted by Gasteiger charge is -2.39. The summed E-state index contributed by atoms with van der Waals surface area (Å²) in [5.41, 5.74) is 22.7. The zero-order valence-corrected chi connectivity index (χ0v) is 38.2. The van der Waals surface area contributed by atoms with Gasteiger partial charge in [0.1, 0.15) is 0 Å². The Morgan fingerprint density at radius 3 is 1.53 bits per heavy atom. The molecule has 3 heteroatoms. The van der Waals surface area contributed by atoms with Crippen LogP contribution in [0.5, 0.6) is 0 Å². The van der Waals surface area contributed by atoms with Crippen LogP contribution in [0.2, 0.25) is 0 Å². The normalized spacial score (nSPS) is 13.0. The van der Waals surface area contributed by atoms with Crippen LogP contribution >= 0.6 is 0 Å². The molecule has 1 spiro atoms. The van der Waals surface area contributed by atoms with Gasteiger partial charge >= 0.3 is 0 Å². The Hall–Kier alpha value is -9.18. The van der Waals surface area contributed by atoms with E-state index < -0.39 is 5.41 Å². The third-order valence-electron chi connectivity index (χ3n) is 15.3. The van der Waals surface area contributed by atoms with Crippen molar-refractivity contribution in [2.45, 2.75) is 5.41 Å². The third kappa shape index (κ3) is 5.34. The zero-order valence-electron chi connectivity index (χ0n) is 38.2. The molecule has 0 bridgehead atoms. The molecule has 11 aromatic carbocycles. The average Bonchev–Trinajstić information content (AvgIpc) is 4.06. The molecule has 0 atom stereocenters. The van der Waals surface area contributed by atoms with Gasteiger partial charge in [-0.15, -0.1) is 0 Å². The van der Waals surface area contributed by atoms with Gasteiger partial charge in [0.05, 0.1) is 38.9 Å². The highest BCUT2D eigenvalue weighted by atomic mass is 15.1. The first-order valence-electron chi connectivity index (χ1n) is 24.3. The van der Waals surface area contributed by atoms with Gasteiger partial charge in [0.15, 0.2) is 0 Å². The van der Waals surface area contributed by atoms with Crippen molar-refractivity contribution in [1.82, 2.24) is 9.13 Å². The second-order valence-electron chi connectivity index (χ2n) is 18.8. The molecule has 1 aliphatic heterocycles. The monoisotopic (exact) mass is 889 g/mol. The number of benzene rings is 11. The lowest BCUT2D eigenvalue weighted by atomic mass is 9.65. The molecule has 3 nitrogen and oxygen atoms in total. The zero-order chi connectivity index (χ0) is 45.9. The minimum atomic E-state index is -0.463. The van der Waals surface area contributed by atoms with Crippen LogP contribution in [-0.4, -0.2) is 9.13 Å². The predicted molar refractivity (Wildman–Crippen MR) is 292 cm³/mol. The van der Waals surface area contributed by atoms with E-state index in [1.165, 1.54) is 93.8 Å². The van der Waals surface area contributed by atoms with E-state index in [-0.39, 0.29) is 0 Å². The Labute approximate surface area is 406 Å². The van der Waals surface area contributed by atoms with Crippen molar-refractivity contribution in [2.24, 2.45) is 0 Å². The summed E-state index contributed by atoms with van der Waals surface area (Å²) >= 11 is 0. The molecule has 0 unspecified atom stereocenters. The summed E-state index contributed by atoms with van der Waals surface area (Å²) in [6.45, 7) is 0. The number of hydrogen-bond acceptors (Lipinski definition) is 1. The fourth-order valence-electron chi connectivity index (χ4n) is 12.5. The standard InChI is InChI=1S/C67H43N3/c1-2-17-44(18-3-1)45-33-35-46(36-34-45)50-19-6-12-29-61(50)68(47-37-39-48(40-38-47)69-62-30-13-7-22-53(62)54-23-8-14-31-63(54)69)49-41-42-64-56(43-49)55-24-16-28-60-66(55)70(64)65-32-15-11-27-59(65)67(60)57-25-9-4-20-51(57)52-21-5-10-26-58(52)67/h1-43H. The highest BCUT2D eigenvalue weighted by molar-refractivity contribution is 6.14. The number of aromatic nitrogens is 2. The van der Waals surface area contributed by atoms with Crippen molar-refractivity contribution in [3.05, 3.63) is 283 Å². The molecule has 15 rings (SSSR count). The molecule has 2 aliphatic rings. The summed E-state index contributed by atoms with van der Waals surface area (Å²) in [5.74, 6) is 0. The molecule has 0 saturated carbocycles. The van der Waals surface area contributed by atoms with Gasteiger partial charge in [-0.2, -0.15) is 0 Å². The minimum Gasteiger partial charge on any atom is -0.310 e. The van der Waals surface area contributed by atoms with Gasteiger partial charge in [0, 0.05) is 44.2 Å². The number of rotatable bonds is 6. The highest BCUT2D eigenvalue weighted by Crippen LogP contribution is 2.61. The summed E-state index contributed by atoms with van der Waals surface area (Å²) < 4.78 is 4.94. The van der Waals surface area contributed by atoms with Crippen LogP contribution in [0.3, 0.4) is 0 Å². The maximum Gasteiger partial charge on any atom is 0.0754 e. The fraction of sp³-hybridized carbons (Fsp3) is 0.0149. The van der Waals surface area contributed by atoms with E-state index in [4.69, 9.17) is 0 Å². The van der Waals surface area contributed by atoms with E-state index in [0.717, 1.165) is 33.9 Å². The number of para-hydroxylation sites is 5. The molecule has 326 valence electrons. The molecule has 0 fully saturated rings. The van der Waals surface area contributed by atoms with Gasteiger partial charge in [0.25, 0.3) is 0 Å². The highest BCUT2D eigenvalue weighted by Gasteiger charge is 2.50. The fourth-order valence-corrected chi connectivity index (χ4v) is 12.5. The summed E-state index contributed by atoms with van der Waals surface area (Å²) in [6.07, 6.45) is 0.